The highest BCUT2D eigenvalue weighted by atomic mass is 32.2. The summed E-state index contributed by atoms with van der Waals surface area (Å²) in [5.41, 5.74) is 0. The number of rotatable bonds is 8. The lowest BCUT2D eigenvalue weighted by atomic mass is 9.81. The fraction of sp³-hybridized carbons (Fsp3) is 0.929. The molecule has 0 heterocycles. The van der Waals surface area contributed by atoms with Gasteiger partial charge in [-0.3, -0.25) is 4.79 Å². The number of nitrogens with zero attached hydrogens (tertiary/aromatic N) is 1. The van der Waals surface area contributed by atoms with E-state index in [0.29, 0.717) is 12.5 Å². The van der Waals surface area contributed by atoms with Crippen LogP contribution in [0.4, 0.5) is 0 Å². The second kappa shape index (κ2) is 8.70. The number of ether oxygens (including phenoxy) is 1. The Kier molecular flexibility index (Phi) is 7.62. The number of esters is 1. The maximum absolute atomic E-state index is 12.0. The van der Waals surface area contributed by atoms with Crippen LogP contribution < -0.4 is 4.72 Å². The van der Waals surface area contributed by atoms with Gasteiger partial charge in [-0.2, -0.15) is 12.7 Å². The number of methoxy groups -OCH3 is 1. The summed E-state index contributed by atoms with van der Waals surface area (Å²) in [5, 5.41) is 0. The summed E-state index contributed by atoms with van der Waals surface area (Å²) in [5.74, 6) is 1.03. The quantitative estimate of drug-likeness (QED) is 0.688. The van der Waals surface area contributed by atoms with Crippen LogP contribution in [0, 0.1) is 11.8 Å². The van der Waals surface area contributed by atoms with Gasteiger partial charge in [0.25, 0.3) is 10.2 Å². The van der Waals surface area contributed by atoms with Crippen LogP contribution in [0.25, 0.3) is 0 Å². The Balaban J connectivity index is 2.27. The van der Waals surface area contributed by atoms with E-state index in [1.807, 2.05) is 0 Å². The van der Waals surface area contributed by atoms with E-state index in [1.165, 1.54) is 39.8 Å². The van der Waals surface area contributed by atoms with Gasteiger partial charge in [-0.15, -0.1) is 0 Å². The maximum Gasteiger partial charge on any atom is 0.306 e. The molecule has 0 aromatic rings. The first-order valence-electron chi connectivity index (χ1n) is 7.63. The molecular formula is C14H28N2O4S. The van der Waals surface area contributed by atoms with E-state index in [2.05, 4.69) is 16.4 Å². The fourth-order valence-corrected chi connectivity index (χ4v) is 3.52. The van der Waals surface area contributed by atoms with Gasteiger partial charge >= 0.3 is 5.97 Å². The standard InChI is InChI=1S/C14H28N2O4S/c1-12-4-6-13(7-5-12)8-10-15-21(18,19)16(2)11-9-14(17)20-3/h12-13,15H,4-11H2,1-3H3. The summed E-state index contributed by atoms with van der Waals surface area (Å²) < 4.78 is 32.2. The van der Waals surface area contributed by atoms with Gasteiger partial charge in [-0.25, -0.2) is 4.72 Å². The molecule has 21 heavy (non-hydrogen) atoms. The van der Waals surface area contributed by atoms with Crippen molar-refractivity contribution in [3.8, 4) is 0 Å². The van der Waals surface area contributed by atoms with Crippen LogP contribution in [0.3, 0.4) is 0 Å². The summed E-state index contributed by atoms with van der Waals surface area (Å²) in [6.07, 6.45) is 5.83. The first-order valence-corrected chi connectivity index (χ1v) is 9.07. The molecule has 1 fully saturated rings. The predicted molar refractivity (Wildman–Crippen MR) is 81.9 cm³/mol. The number of hydrogen-bond donors (Lipinski definition) is 1. The third-order valence-electron chi connectivity index (χ3n) is 4.24. The molecule has 0 aromatic carbocycles. The van der Waals surface area contributed by atoms with E-state index in [1.54, 1.807) is 0 Å². The molecule has 0 unspecified atom stereocenters. The van der Waals surface area contributed by atoms with Crippen molar-refractivity contribution in [1.29, 1.82) is 0 Å². The van der Waals surface area contributed by atoms with Crippen LogP contribution >= 0.6 is 0 Å². The second-order valence-electron chi connectivity index (χ2n) is 5.96. The zero-order chi connectivity index (χ0) is 15.9. The van der Waals surface area contributed by atoms with Crippen LogP contribution in [0.1, 0.15) is 45.4 Å². The molecule has 7 heteroatoms. The predicted octanol–water partition coefficient (Wildman–Crippen LogP) is 1.53. The lowest BCUT2D eigenvalue weighted by Crippen LogP contribution is -2.40. The third-order valence-corrected chi connectivity index (χ3v) is 5.81. The van der Waals surface area contributed by atoms with Crippen LogP contribution in [0.15, 0.2) is 0 Å². The summed E-state index contributed by atoms with van der Waals surface area (Å²) in [4.78, 5) is 11.0. The Morgan fingerprint density at radius 1 is 1.29 bits per heavy atom. The molecule has 6 nitrogen and oxygen atoms in total. The Hall–Kier alpha value is -0.660. The monoisotopic (exact) mass is 320 g/mol. The molecule has 0 atom stereocenters. The number of carbonyl (C=O) groups excluding carboxylic acids is 1. The minimum Gasteiger partial charge on any atom is -0.469 e. The largest absolute Gasteiger partial charge is 0.469 e. The number of nitrogens with one attached hydrogen (secondary N) is 1. The van der Waals surface area contributed by atoms with Gasteiger partial charge in [-0.1, -0.05) is 32.6 Å². The van der Waals surface area contributed by atoms with E-state index >= 15 is 0 Å². The average molecular weight is 320 g/mol. The van der Waals surface area contributed by atoms with Crippen molar-refractivity contribution in [2.45, 2.75) is 45.4 Å². The Morgan fingerprint density at radius 2 is 1.90 bits per heavy atom. The van der Waals surface area contributed by atoms with Crippen LogP contribution in [0.2, 0.25) is 0 Å². The summed E-state index contributed by atoms with van der Waals surface area (Å²) in [6, 6.07) is 0. The average Bonchev–Trinajstić information content (AvgIpc) is 2.46. The van der Waals surface area contributed by atoms with Crippen molar-refractivity contribution in [3.05, 3.63) is 0 Å². The lowest BCUT2D eigenvalue weighted by molar-refractivity contribution is -0.140. The van der Waals surface area contributed by atoms with Crippen molar-refractivity contribution >= 4 is 16.2 Å². The molecular weight excluding hydrogens is 292 g/mol. The lowest BCUT2D eigenvalue weighted by Gasteiger charge is -2.26. The first-order chi connectivity index (χ1) is 9.85. The molecule has 0 bridgehead atoms. The van der Waals surface area contributed by atoms with Gasteiger partial charge in [0.05, 0.1) is 13.5 Å². The second-order valence-corrected chi connectivity index (χ2v) is 7.82. The van der Waals surface area contributed by atoms with Gasteiger partial charge in [0.15, 0.2) is 0 Å². The summed E-state index contributed by atoms with van der Waals surface area (Å²) in [7, 11) is -0.743. The van der Waals surface area contributed by atoms with Gasteiger partial charge in [-0.05, 0) is 18.3 Å². The van der Waals surface area contributed by atoms with Crippen LogP contribution in [-0.4, -0.2) is 45.9 Å². The normalized spacial score (nSPS) is 23.2. The Bertz CT molecular complexity index is 417. The van der Waals surface area contributed by atoms with E-state index < -0.39 is 16.2 Å². The summed E-state index contributed by atoms with van der Waals surface area (Å²) in [6.45, 7) is 2.86. The SMILES string of the molecule is COC(=O)CCN(C)S(=O)(=O)NCCC1CCC(C)CC1. The minimum atomic E-state index is -3.50. The molecule has 1 aliphatic rings. The molecule has 124 valence electrons. The number of carbonyl (C=O) groups is 1. The summed E-state index contributed by atoms with van der Waals surface area (Å²) >= 11 is 0. The molecule has 1 aliphatic carbocycles. The molecule has 1 saturated carbocycles. The molecule has 0 aromatic heterocycles. The highest BCUT2D eigenvalue weighted by Gasteiger charge is 2.21. The zero-order valence-corrected chi connectivity index (χ0v) is 14.1. The van der Waals surface area contributed by atoms with Crippen molar-refractivity contribution < 1.29 is 17.9 Å². The molecule has 0 aliphatic heterocycles. The minimum absolute atomic E-state index is 0.0639. The molecule has 1 rings (SSSR count). The van der Waals surface area contributed by atoms with Crippen LogP contribution in [0.5, 0.6) is 0 Å². The van der Waals surface area contributed by atoms with Crippen molar-refractivity contribution in [3.63, 3.8) is 0 Å². The van der Waals surface area contributed by atoms with Crippen LogP contribution in [-0.2, 0) is 19.7 Å². The van der Waals surface area contributed by atoms with Crippen molar-refractivity contribution in [2.24, 2.45) is 11.8 Å². The van der Waals surface area contributed by atoms with Gasteiger partial charge < -0.3 is 4.74 Å². The Labute approximate surface area is 128 Å². The van der Waals surface area contributed by atoms with E-state index in [0.717, 1.165) is 16.6 Å². The fourth-order valence-electron chi connectivity index (χ4n) is 2.59. The van der Waals surface area contributed by atoms with Gasteiger partial charge in [0.2, 0.25) is 0 Å². The van der Waals surface area contributed by atoms with Gasteiger partial charge in [0.1, 0.15) is 0 Å². The molecule has 0 spiro atoms. The van der Waals surface area contributed by atoms with E-state index in [4.69, 9.17) is 0 Å². The van der Waals surface area contributed by atoms with Crippen molar-refractivity contribution in [1.82, 2.24) is 9.03 Å². The molecule has 0 radical (unpaired) electrons. The smallest absolute Gasteiger partial charge is 0.306 e. The highest BCUT2D eigenvalue weighted by Crippen LogP contribution is 2.29. The molecule has 0 saturated heterocycles. The third kappa shape index (κ3) is 6.76. The highest BCUT2D eigenvalue weighted by molar-refractivity contribution is 7.87. The molecule has 1 N–H and O–H groups in total. The van der Waals surface area contributed by atoms with E-state index in [9.17, 15) is 13.2 Å². The van der Waals surface area contributed by atoms with Crippen molar-refractivity contribution in [2.75, 3.05) is 27.2 Å². The molecule has 0 amide bonds. The van der Waals surface area contributed by atoms with Gasteiger partial charge in [0, 0.05) is 20.1 Å². The maximum atomic E-state index is 12.0. The Morgan fingerprint density at radius 3 is 2.48 bits per heavy atom. The van der Waals surface area contributed by atoms with E-state index in [-0.39, 0.29) is 13.0 Å². The zero-order valence-electron chi connectivity index (χ0n) is 13.3. The topological polar surface area (TPSA) is 75.7 Å². The number of hydrogen-bond acceptors (Lipinski definition) is 4. The first kappa shape index (κ1) is 18.4.